The van der Waals surface area contributed by atoms with Gasteiger partial charge in [0.2, 0.25) is 6.67 Å². The van der Waals surface area contributed by atoms with E-state index in [-0.39, 0.29) is 6.67 Å². The van der Waals surface area contributed by atoms with Gasteiger partial charge in [0.05, 0.1) is 0 Å². The molecule has 6 heteroatoms. The van der Waals surface area contributed by atoms with Crippen molar-refractivity contribution in [3.05, 3.63) is 48.0 Å². The molecule has 2 aromatic rings. The number of hydrogen-bond acceptors (Lipinski definition) is 4. The Bertz CT molecular complexity index is 727. The standard InChI is InChI=1S/C17H20N4O2/c18-12-21(19)9-3-6-16(17(22)23)20-11-13-7-8-14-4-1-2-5-15(14)10-13/h1-2,4-5,7-8,10-11,16,19H,3,6,9,12,18H2/p+1/t16-/m0/s1. The van der Waals surface area contributed by atoms with Crippen LogP contribution in [0.25, 0.3) is 10.8 Å². The molecule has 2 rings (SSSR count). The van der Waals surface area contributed by atoms with E-state index in [1.807, 2.05) is 42.5 Å². The minimum atomic E-state index is -0.952. The molecule has 0 aromatic heterocycles. The van der Waals surface area contributed by atoms with Gasteiger partial charge in [0.25, 0.3) is 0 Å². The lowest BCUT2D eigenvalue weighted by Crippen LogP contribution is -2.22. The highest BCUT2D eigenvalue weighted by Crippen LogP contribution is 2.15. The predicted octanol–water partition coefficient (Wildman–Crippen LogP) is 2.45. The summed E-state index contributed by atoms with van der Waals surface area (Å²) in [7, 11) is 0. The van der Waals surface area contributed by atoms with Gasteiger partial charge in [-0.1, -0.05) is 41.9 Å². The van der Waals surface area contributed by atoms with Gasteiger partial charge < -0.3 is 5.11 Å². The van der Waals surface area contributed by atoms with Crippen LogP contribution < -0.4 is 5.73 Å². The van der Waals surface area contributed by atoms with E-state index in [1.54, 1.807) is 6.21 Å². The molecule has 0 fully saturated rings. The topological polar surface area (TPSA) is 103 Å². The first-order valence-electron chi connectivity index (χ1n) is 7.51. The number of benzene rings is 2. The molecule has 0 aliphatic heterocycles. The van der Waals surface area contributed by atoms with Gasteiger partial charge in [-0.2, -0.15) is 0 Å². The van der Waals surface area contributed by atoms with Crippen LogP contribution in [-0.2, 0) is 4.79 Å². The fourth-order valence-corrected chi connectivity index (χ4v) is 2.29. The van der Waals surface area contributed by atoms with Crippen molar-refractivity contribution in [2.45, 2.75) is 18.9 Å². The molecule has 6 nitrogen and oxygen atoms in total. The van der Waals surface area contributed by atoms with E-state index < -0.39 is 12.0 Å². The van der Waals surface area contributed by atoms with Gasteiger partial charge in [-0.15, -0.1) is 4.70 Å². The highest BCUT2D eigenvalue weighted by atomic mass is 16.4. The maximum Gasteiger partial charge on any atom is 0.328 e. The van der Waals surface area contributed by atoms with Gasteiger partial charge in [-0.3, -0.25) is 10.7 Å². The zero-order valence-corrected chi connectivity index (χ0v) is 12.9. The molecule has 0 spiro atoms. The number of carboxylic acid groups (broad SMARTS) is 1. The number of nitrogens with one attached hydrogen (secondary N) is 1. The predicted molar refractivity (Wildman–Crippen MR) is 89.1 cm³/mol. The Morgan fingerprint density at radius 1 is 1.30 bits per heavy atom. The fourth-order valence-electron chi connectivity index (χ4n) is 2.29. The number of aliphatic imine (C=N–C) groups is 1. The van der Waals surface area contributed by atoms with E-state index >= 15 is 0 Å². The average Bonchev–Trinajstić information content (AvgIpc) is 2.57. The first kappa shape index (κ1) is 16.8. The summed E-state index contributed by atoms with van der Waals surface area (Å²) < 4.78 is 1.20. The third kappa shape index (κ3) is 4.96. The lowest BCUT2D eigenvalue weighted by molar-refractivity contribution is -0.614. The maximum absolute atomic E-state index is 11.3. The van der Waals surface area contributed by atoms with E-state index in [0.717, 1.165) is 16.3 Å². The van der Waals surface area contributed by atoms with Crippen LogP contribution in [0.4, 0.5) is 0 Å². The van der Waals surface area contributed by atoms with Crippen LogP contribution in [0, 0.1) is 5.53 Å². The van der Waals surface area contributed by atoms with Crippen molar-refractivity contribution < 1.29 is 14.6 Å². The van der Waals surface area contributed by atoms with Crippen molar-refractivity contribution in [1.29, 1.82) is 5.53 Å². The first-order valence-corrected chi connectivity index (χ1v) is 7.51. The van der Waals surface area contributed by atoms with Gasteiger partial charge in [0, 0.05) is 12.6 Å². The second-order valence-electron chi connectivity index (χ2n) is 5.33. The SMILES string of the molecule is N=[N+](CN)CCC[C@H](N=Cc1ccc2ccccc2c1)C(=O)O. The highest BCUT2D eigenvalue weighted by molar-refractivity contribution is 5.91. The summed E-state index contributed by atoms with van der Waals surface area (Å²) in [6.07, 6.45) is 2.55. The van der Waals surface area contributed by atoms with Crippen LogP contribution in [-0.4, -0.2) is 41.2 Å². The molecule has 23 heavy (non-hydrogen) atoms. The monoisotopic (exact) mass is 313 g/mol. The Hall–Kier alpha value is -2.60. The van der Waals surface area contributed by atoms with Crippen molar-refractivity contribution in [3.8, 4) is 0 Å². The Labute approximate surface area is 134 Å². The molecule has 0 radical (unpaired) electrons. The van der Waals surface area contributed by atoms with E-state index in [1.165, 1.54) is 4.70 Å². The molecule has 0 aliphatic carbocycles. The smallest absolute Gasteiger partial charge is 0.328 e. The number of carbonyl (C=O) groups is 1. The molecule has 0 saturated carbocycles. The number of carboxylic acids is 1. The summed E-state index contributed by atoms with van der Waals surface area (Å²) in [5.74, 6) is -0.952. The van der Waals surface area contributed by atoms with Gasteiger partial charge >= 0.3 is 5.97 Å². The molecule has 4 N–H and O–H groups in total. The summed E-state index contributed by atoms with van der Waals surface area (Å²) in [4.78, 5) is 15.5. The van der Waals surface area contributed by atoms with Gasteiger partial charge in [0.1, 0.15) is 6.04 Å². The molecule has 0 bridgehead atoms. The van der Waals surface area contributed by atoms with Crippen molar-refractivity contribution >= 4 is 23.0 Å². The van der Waals surface area contributed by atoms with E-state index in [0.29, 0.717) is 19.4 Å². The molecule has 120 valence electrons. The molecule has 0 saturated heterocycles. The quantitative estimate of drug-likeness (QED) is 0.302. The third-order valence-electron chi connectivity index (χ3n) is 3.59. The summed E-state index contributed by atoms with van der Waals surface area (Å²) >= 11 is 0. The first-order chi connectivity index (χ1) is 11.1. The fraction of sp³-hybridized carbons (Fsp3) is 0.294. The maximum atomic E-state index is 11.3. The van der Waals surface area contributed by atoms with E-state index in [2.05, 4.69) is 4.99 Å². The second-order valence-corrected chi connectivity index (χ2v) is 5.33. The number of nitrogens with two attached hydrogens (primary N) is 1. The molecule has 0 heterocycles. The van der Waals surface area contributed by atoms with Crippen LogP contribution in [0.2, 0.25) is 0 Å². The lowest BCUT2D eigenvalue weighted by atomic mass is 10.1. The zero-order valence-electron chi connectivity index (χ0n) is 12.9. The van der Waals surface area contributed by atoms with Crippen molar-refractivity contribution in [3.63, 3.8) is 0 Å². The van der Waals surface area contributed by atoms with Gasteiger partial charge in [0.15, 0.2) is 6.54 Å². The Balaban J connectivity index is 2.03. The normalized spacial score (nSPS) is 12.6. The number of rotatable bonds is 8. The van der Waals surface area contributed by atoms with E-state index in [4.69, 9.17) is 11.3 Å². The molecular weight excluding hydrogens is 292 g/mol. The Kier molecular flexibility index (Phi) is 5.94. The molecule has 2 aromatic carbocycles. The number of nitrogens with zero attached hydrogens (tertiary/aromatic N) is 2. The van der Waals surface area contributed by atoms with Gasteiger partial charge in [-0.25, -0.2) is 4.79 Å². The van der Waals surface area contributed by atoms with Crippen LogP contribution in [0.5, 0.6) is 0 Å². The minimum Gasteiger partial charge on any atom is -0.480 e. The van der Waals surface area contributed by atoms with Crippen LogP contribution in [0.15, 0.2) is 47.5 Å². The average molecular weight is 313 g/mol. The van der Waals surface area contributed by atoms with Crippen LogP contribution in [0.1, 0.15) is 18.4 Å². The Morgan fingerprint density at radius 3 is 2.74 bits per heavy atom. The minimum absolute atomic E-state index is 0.137. The summed E-state index contributed by atoms with van der Waals surface area (Å²) in [6.45, 7) is 0.573. The largest absolute Gasteiger partial charge is 0.480 e. The molecule has 0 unspecified atom stereocenters. The Morgan fingerprint density at radius 2 is 2.04 bits per heavy atom. The third-order valence-corrected chi connectivity index (χ3v) is 3.59. The van der Waals surface area contributed by atoms with Crippen LogP contribution in [0.3, 0.4) is 0 Å². The van der Waals surface area contributed by atoms with Crippen molar-refractivity contribution in [1.82, 2.24) is 0 Å². The molecule has 0 aliphatic rings. The zero-order chi connectivity index (χ0) is 16.7. The van der Waals surface area contributed by atoms with Gasteiger partial charge in [-0.05, 0) is 28.8 Å². The van der Waals surface area contributed by atoms with E-state index in [9.17, 15) is 9.90 Å². The number of aliphatic carboxylic acids is 1. The summed E-state index contributed by atoms with van der Waals surface area (Å²) in [5.41, 5.74) is 13.6. The second kappa shape index (κ2) is 8.14. The number of fused-ring (bicyclic) bond motifs is 1. The summed E-state index contributed by atoms with van der Waals surface area (Å²) in [6, 6.07) is 13.1. The molecule has 0 amide bonds. The molecular formula is C17H21N4O2+. The van der Waals surface area contributed by atoms with Crippen LogP contribution >= 0.6 is 0 Å². The summed E-state index contributed by atoms with van der Waals surface area (Å²) in [5, 5.41) is 11.5. The number of hydrogen-bond donors (Lipinski definition) is 3. The molecule has 1 atom stereocenters. The van der Waals surface area contributed by atoms with Crippen molar-refractivity contribution in [2.75, 3.05) is 13.2 Å². The highest BCUT2D eigenvalue weighted by Gasteiger charge is 2.16. The van der Waals surface area contributed by atoms with Crippen molar-refractivity contribution in [2.24, 2.45) is 10.7 Å². The lowest BCUT2D eigenvalue weighted by Gasteiger charge is -2.06.